The highest BCUT2D eigenvalue weighted by Gasteiger charge is 2.52. The second-order valence-electron chi connectivity index (χ2n) is 6.07. The van der Waals surface area contributed by atoms with Crippen LogP contribution in [0.1, 0.15) is 31.4 Å². The van der Waals surface area contributed by atoms with Gasteiger partial charge in [-0.1, -0.05) is 38.1 Å². The molecule has 3 rings (SSSR count). The lowest BCUT2D eigenvalue weighted by molar-refractivity contribution is 0.463. The third kappa shape index (κ3) is 2.52. The van der Waals surface area contributed by atoms with E-state index in [9.17, 15) is 0 Å². The summed E-state index contributed by atoms with van der Waals surface area (Å²) in [5, 5.41) is 3.59. The number of nitrogens with two attached hydrogens (primary N) is 1. The maximum Gasteiger partial charge on any atom is 0.0972 e. The summed E-state index contributed by atoms with van der Waals surface area (Å²) in [6, 6.07) is 9.08. The van der Waals surface area contributed by atoms with Crippen LogP contribution in [0.5, 0.6) is 0 Å². The molecule has 4 atom stereocenters. The van der Waals surface area contributed by atoms with Gasteiger partial charge in [0, 0.05) is 19.0 Å². The Kier molecular flexibility index (Phi) is 3.31. The smallest absolute Gasteiger partial charge is 0.0972 e. The highest BCUT2D eigenvalue weighted by molar-refractivity contribution is 5.84. The molecule has 1 saturated heterocycles. The molecule has 0 amide bonds. The van der Waals surface area contributed by atoms with Crippen molar-refractivity contribution in [2.75, 3.05) is 0 Å². The first-order valence-electron chi connectivity index (χ1n) is 7.27. The molecule has 1 saturated carbocycles. The summed E-state index contributed by atoms with van der Waals surface area (Å²) in [7, 11) is 0. The Hall–Kier alpha value is -1.35. The molecule has 19 heavy (non-hydrogen) atoms. The van der Waals surface area contributed by atoms with E-state index in [1.807, 2.05) is 0 Å². The van der Waals surface area contributed by atoms with Gasteiger partial charge in [0.15, 0.2) is 0 Å². The third-order valence-electron chi connectivity index (χ3n) is 4.63. The first-order chi connectivity index (χ1) is 9.19. The molecule has 3 heteroatoms. The molecule has 4 unspecified atom stereocenters. The van der Waals surface area contributed by atoms with Crippen molar-refractivity contribution in [2.45, 2.75) is 39.4 Å². The molecule has 1 aliphatic carbocycles. The summed E-state index contributed by atoms with van der Waals surface area (Å²) in [5.41, 5.74) is 8.09. The fourth-order valence-corrected chi connectivity index (χ4v) is 3.44. The van der Waals surface area contributed by atoms with Crippen molar-refractivity contribution in [3.63, 3.8) is 0 Å². The van der Waals surface area contributed by atoms with Crippen molar-refractivity contribution < 1.29 is 0 Å². The molecule has 1 aromatic rings. The molecule has 3 N–H and O–H groups in total. The van der Waals surface area contributed by atoms with E-state index in [1.165, 1.54) is 17.0 Å². The lowest BCUT2D eigenvalue weighted by atomic mass is 9.97. The van der Waals surface area contributed by atoms with Gasteiger partial charge in [-0.15, -0.1) is 0 Å². The van der Waals surface area contributed by atoms with E-state index in [0.29, 0.717) is 12.6 Å². The molecular weight excluding hydrogens is 234 g/mol. The fraction of sp³-hybridized carbons (Fsp3) is 0.562. The van der Waals surface area contributed by atoms with Gasteiger partial charge in [-0.2, -0.15) is 0 Å². The number of hydrogen-bond acceptors (Lipinski definition) is 2. The maximum atomic E-state index is 5.67. The first-order valence-corrected chi connectivity index (χ1v) is 7.27. The molecule has 1 heterocycles. The highest BCUT2D eigenvalue weighted by atomic mass is 15.1. The number of fused-ring (bicyclic) bond motifs is 1. The van der Waals surface area contributed by atoms with Gasteiger partial charge in [-0.25, -0.2) is 0 Å². The van der Waals surface area contributed by atoms with E-state index in [4.69, 9.17) is 10.7 Å². The second kappa shape index (κ2) is 4.97. The standard InChI is InChI=1S/C16H23N3/c1-10-6-14(19-16-11(2)15(10)16)18-9-13-5-3-4-12(7-13)8-17/h3-5,7,10-11,15-16H,6,8-9,17H2,1-2H3,(H,18,19). The van der Waals surface area contributed by atoms with E-state index in [-0.39, 0.29) is 0 Å². The average molecular weight is 257 g/mol. The van der Waals surface area contributed by atoms with Crippen molar-refractivity contribution in [1.82, 2.24) is 5.32 Å². The van der Waals surface area contributed by atoms with Crippen LogP contribution < -0.4 is 11.1 Å². The van der Waals surface area contributed by atoms with Gasteiger partial charge in [0.1, 0.15) is 0 Å². The van der Waals surface area contributed by atoms with Crippen LogP contribution in [-0.4, -0.2) is 11.9 Å². The van der Waals surface area contributed by atoms with E-state index in [0.717, 1.165) is 30.7 Å². The zero-order chi connectivity index (χ0) is 13.4. The molecular formula is C16H23N3. The van der Waals surface area contributed by atoms with Crippen molar-refractivity contribution in [3.8, 4) is 0 Å². The topological polar surface area (TPSA) is 50.4 Å². The van der Waals surface area contributed by atoms with Crippen LogP contribution in [0, 0.1) is 17.8 Å². The Morgan fingerprint density at radius 1 is 1.32 bits per heavy atom. The summed E-state index contributed by atoms with van der Waals surface area (Å²) >= 11 is 0. The summed E-state index contributed by atoms with van der Waals surface area (Å²) in [6.07, 6.45) is 1.10. The summed E-state index contributed by atoms with van der Waals surface area (Å²) in [6.45, 7) is 6.05. The molecule has 2 fully saturated rings. The number of amidine groups is 1. The second-order valence-corrected chi connectivity index (χ2v) is 6.07. The van der Waals surface area contributed by atoms with Crippen LogP contribution >= 0.6 is 0 Å². The van der Waals surface area contributed by atoms with E-state index in [2.05, 4.69) is 43.4 Å². The Labute approximate surface area is 115 Å². The molecule has 0 spiro atoms. The molecule has 1 aromatic carbocycles. The van der Waals surface area contributed by atoms with Gasteiger partial charge < -0.3 is 11.1 Å². The lowest BCUT2D eigenvalue weighted by Gasteiger charge is -2.20. The Morgan fingerprint density at radius 2 is 2.11 bits per heavy atom. The molecule has 2 aliphatic rings. The summed E-state index contributed by atoms with van der Waals surface area (Å²) < 4.78 is 0. The number of rotatable bonds is 3. The molecule has 0 aromatic heterocycles. The fourth-order valence-electron chi connectivity index (χ4n) is 3.44. The number of aliphatic imine (C=N–C) groups is 1. The number of nitrogens with one attached hydrogen (secondary N) is 1. The Morgan fingerprint density at radius 3 is 2.84 bits per heavy atom. The van der Waals surface area contributed by atoms with Gasteiger partial charge in [-0.05, 0) is 28.9 Å². The number of piperidine rings is 1. The largest absolute Gasteiger partial charge is 0.371 e. The number of benzene rings is 1. The zero-order valence-corrected chi connectivity index (χ0v) is 11.8. The van der Waals surface area contributed by atoms with Gasteiger partial charge in [0.25, 0.3) is 0 Å². The molecule has 102 valence electrons. The highest BCUT2D eigenvalue weighted by Crippen LogP contribution is 2.48. The quantitative estimate of drug-likeness (QED) is 0.873. The van der Waals surface area contributed by atoms with E-state index in [1.54, 1.807) is 0 Å². The van der Waals surface area contributed by atoms with Gasteiger partial charge >= 0.3 is 0 Å². The number of hydrogen-bond donors (Lipinski definition) is 2. The van der Waals surface area contributed by atoms with Crippen LogP contribution in [-0.2, 0) is 13.1 Å². The van der Waals surface area contributed by atoms with Crippen molar-refractivity contribution in [1.29, 1.82) is 0 Å². The molecule has 0 radical (unpaired) electrons. The lowest BCUT2D eigenvalue weighted by Crippen LogP contribution is -2.34. The van der Waals surface area contributed by atoms with Gasteiger partial charge in [-0.3, -0.25) is 4.99 Å². The van der Waals surface area contributed by atoms with Crippen LogP contribution in [0.2, 0.25) is 0 Å². The van der Waals surface area contributed by atoms with E-state index < -0.39 is 0 Å². The normalized spacial score (nSPS) is 34.8. The van der Waals surface area contributed by atoms with Crippen molar-refractivity contribution >= 4 is 5.84 Å². The Balaban J connectivity index is 1.66. The van der Waals surface area contributed by atoms with Crippen LogP contribution in [0.15, 0.2) is 29.3 Å². The SMILES string of the molecule is CC1CC(=NCc2cccc(CN)c2)NC2C(C)C12. The van der Waals surface area contributed by atoms with Crippen LogP contribution in [0.4, 0.5) is 0 Å². The third-order valence-corrected chi connectivity index (χ3v) is 4.63. The number of nitrogens with zero attached hydrogens (tertiary/aromatic N) is 1. The molecule has 3 nitrogen and oxygen atoms in total. The van der Waals surface area contributed by atoms with E-state index >= 15 is 0 Å². The predicted octanol–water partition coefficient (Wildman–Crippen LogP) is 2.31. The molecule has 1 aliphatic heterocycles. The average Bonchev–Trinajstić information content (AvgIpc) is 3.08. The van der Waals surface area contributed by atoms with Crippen LogP contribution in [0.25, 0.3) is 0 Å². The summed E-state index contributed by atoms with van der Waals surface area (Å²) in [4.78, 5) is 4.76. The van der Waals surface area contributed by atoms with Gasteiger partial charge in [0.05, 0.1) is 12.4 Å². The monoisotopic (exact) mass is 257 g/mol. The van der Waals surface area contributed by atoms with Crippen molar-refractivity contribution in [2.24, 2.45) is 28.5 Å². The minimum absolute atomic E-state index is 0.598. The van der Waals surface area contributed by atoms with Gasteiger partial charge in [0.2, 0.25) is 0 Å². The minimum Gasteiger partial charge on any atom is -0.371 e. The first kappa shape index (κ1) is 12.7. The molecule has 0 bridgehead atoms. The van der Waals surface area contributed by atoms with Crippen LogP contribution in [0.3, 0.4) is 0 Å². The zero-order valence-electron chi connectivity index (χ0n) is 11.8. The summed E-state index contributed by atoms with van der Waals surface area (Å²) in [5.74, 6) is 3.66. The Bertz CT molecular complexity index is 485. The predicted molar refractivity (Wildman–Crippen MR) is 78.8 cm³/mol. The maximum absolute atomic E-state index is 5.67. The minimum atomic E-state index is 0.598. The van der Waals surface area contributed by atoms with Crippen molar-refractivity contribution in [3.05, 3.63) is 35.4 Å².